The van der Waals surface area contributed by atoms with Crippen molar-refractivity contribution in [3.05, 3.63) is 43.0 Å². The van der Waals surface area contributed by atoms with Crippen LogP contribution in [0.25, 0.3) is 10.4 Å². The fraction of sp³-hybridized carbons (Fsp3) is 0.600. The van der Waals surface area contributed by atoms with E-state index in [1.165, 1.54) is 13.1 Å². The highest BCUT2D eigenvalue weighted by Gasteiger charge is 2.35. The topological polar surface area (TPSA) is 142 Å². The molecule has 0 aromatic carbocycles. The Kier molecular flexibility index (Phi) is 3.91. The van der Waals surface area contributed by atoms with Crippen LogP contribution < -0.4 is 11.2 Å². The Hall–Kier alpha value is -2.13. The summed E-state index contributed by atoms with van der Waals surface area (Å²) < 4.78 is 6.78. The molecule has 1 aromatic heterocycles. The van der Waals surface area contributed by atoms with Gasteiger partial charge < -0.3 is 14.9 Å². The molecule has 0 spiro atoms. The number of nitrogens with zero attached hydrogens (tertiary/aromatic N) is 5. The number of hydrogen-bond donors (Lipinski definition) is 2. The highest BCUT2D eigenvalue weighted by molar-refractivity contribution is 5.03. The van der Waals surface area contributed by atoms with Gasteiger partial charge in [-0.3, -0.25) is 4.57 Å². The first-order valence-corrected chi connectivity index (χ1v) is 5.84. The minimum atomic E-state index is -0.919. The van der Waals surface area contributed by atoms with Crippen molar-refractivity contribution in [1.82, 2.24) is 9.24 Å². The lowest BCUT2D eigenvalue weighted by atomic mass is 10.2. The molecule has 0 amide bonds. The lowest BCUT2D eigenvalue weighted by Crippen LogP contribution is -2.40. The van der Waals surface area contributed by atoms with E-state index in [2.05, 4.69) is 10.1 Å². The Morgan fingerprint density at radius 2 is 2.30 bits per heavy atom. The van der Waals surface area contributed by atoms with Crippen LogP contribution in [0, 0.1) is 6.92 Å². The average Bonchev–Trinajstić information content (AvgIpc) is 2.80. The molecule has 1 aliphatic rings. The van der Waals surface area contributed by atoms with Gasteiger partial charge in [-0.25, -0.2) is 9.59 Å². The maximum absolute atomic E-state index is 12.1. The van der Waals surface area contributed by atoms with Gasteiger partial charge in [0, 0.05) is 12.6 Å². The lowest BCUT2D eigenvalue weighted by Gasteiger charge is -2.14. The van der Waals surface area contributed by atoms with Gasteiger partial charge in [-0.2, -0.15) is 4.91 Å². The van der Waals surface area contributed by atoms with Crippen molar-refractivity contribution in [3.8, 4) is 0 Å². The van der Waals surface area contributed by atoms with Crippen LogP contribution >= 0.6 is 0 Å². The van der Waals surface area contributed by atoms with E-state index >= 15 is 0 Å². The first kappa shape index (κ1) is 14.3. The van der Waals surface area contributed by atoms with Crippen LogP contribution in [0.3, 0.4) is 0 Å². The van der Waals surface area contributed by atoms with Crippen molar-refractivity contribution in [2.45, 2.75) is 31.8 Å². The Balaban J connectivity index is 2.52. The molecule has 0 radical (unpaired) electrons. The summed E-state index contributed by atoms with van der Waals surface area (Å²) >= 11 is 0. The molecule has 0 saturated carbocycles. The first-order valence-electron chi connectivity index (χ1n) is 5.84. The van der Waals surface area contributed by atoms with Gasteiger partial charge in [0.2, 0.25) is 0 Å². The fourth-order valence-electron chi connectivity index (χ4n) is 2.06. The van der Waals surface area contributed by atoms with Gasteiger partial charge in [0.1, 0.15) is 12.3 Å². The van der Waals surface area contributed by atoms with Crippen LogP contribution in [0.2, 0.25) is 0 Å². The average molecular weight is 283 g/mol. The van der Waals surface area contributed by atoms with Gasteiger partial charge >= 0.3 is 11.2 Å². The monoisotopic (exact) mass is 283 g/mol. The molecule has 10 heteroatoms. The molecule has 0 bridgehead atoms. The van der Waals surface area contributed by atoms with Crippen molar-refractivity contribution in [2.75, 3.05) is 6.61 Å². The van der Waals surface area contributed by atoms with E-state index in [0.717, 1.165) is 4.57 Å². The molecule has 1 aliphatic heterocycles. The second kappa shape index (κ2) is 5.47. The number of aryl methyl sites for hydroxylation is 1. The van der Waals surface area contributed by atoms with Crippen LogP contribution in [0.5, 0.6) is 0 Å². The van der Waals surface area contributed by atoms with E-state index < -0.39 is 29.7 Å². The summed E-state index contributed by atoms with van der Waals surface area (Å²) in [6.07, 6.45) is -1.21. The Labute approximate surface area is 112 Å². The molecule has 10 nitrogen and oxygen atoms in total. The fourth-order valence-corrected chi connectivity index (χ4v) is 2.06. The van der Waals surface area contributed by atoms with Crippen LogP contribution in [0.15, 0.2) is 21.0 Å². The zero-order valence-corrected chi connectivity index (χ0v) is 10.6. The Bertz CT molecular complexity index is 674. The van der Waals surface area contributed by atoms with Crippen LogP contribution in [-0.2, 0) is 4.74 Å². The third-order valence-corrected chi connectivity index (χ3v) is 3.09. The molecule has 1 aromatic rings. The molecule has 1 saturated heterocycles. The number of hydrogen-bond acceptors (Lipinski definition) is 6. The summed E-state index contributed by atoms with van der Waals surface area (Å²) in [5.41, 5.74) is 6.98. The van der Waals surface area contributed by atoms with Crippen molar-refractivity contribution >= 4 is 0 Å². The third kappa shape index (κ3) is 2.32. The normalized spacial score (nSPS) is 25.4. The van der Waals surface area contributed by atoms with E-state index in [-0.39, 0.29) is 18.6 Å². The number of ether oxygens (including phenoxy) is 1. The largest absolute Gasteiger partial charge is 0.428 e. The summed E-state index contributed by atoms with van der Waals surface area (Å²) in [5, 5.41) is 21.7. The molecule has 2 heterocycles. The first-order chi connectivity index (χ1) is 9.49. The molecular formula is C10H13N5O5. The number of azide groups is 1. The summed E-state index contributed by atoms with van der Waals surface area (Å²) in [7, 11) is 0. The SMILES string of the molecule is Cc1cn([C@H]2CC(O)[C@@H](CO)O2)c(=O)n(N=[N+]=[N-])c1=O. The molecule has 2 rings (SSSR count). The van der Waals surface area contributed by atoms with Crippen molar-refractivity contribution in [1.29, 1.82) is 0 Å². The van der Waals surface area contributed by atoms with Crippen molar-refractivity contribution in [3.63, 3.8) is 0 Å². The number of aliphatic hydroxyl groups excluding tert-OH is 2. The minimum Gasteiger partial charge on any atom is -0.394 e. The van der Waals surface area contributed by atoms with E-state index in [1.807, 2.05) is 0 Å². The number of rotatable bonds is 3. The van der Waals surface area contributed by atoms with Crippen molar-refractivity contribution < 1.29 is 14.9 Å². The Morgan fingerprint density at radius 1 is 1.60 bits per heavy atom. The van der Waals surface area contributed by atoms with E-state index in [0.29, 0.717) is 4.68 Å². The zero-order chi connectivity index (χ0) is 14.9. The second-order valence-corrected chi connectivity index (χ2v) is 4.41. The predicted molar refractivity (Wildman–Crippen MR) is 65.9 cm³/mol. The molecule has 0 aliphatic carbocycles. The number of aromatic nitrogens is 2. The van der Waals surface area contributed by atoms with Gasteiger partial charge in [-0.15, -0.1) is 5.53 Å². The zero-order valence-electron chi connectivity index (χ0n) is 10.6. The highest BCUT2D eigenvalue weighted by Crippen LogP contribution is 2.27. The minimum absolute atomic E-state index is 0.0824. The molecule has 1 fully saturated rings. The van der Waals surface area contributed by atoms with E-state index in [9.17, 15) is 14.7 Å². The van der Waals surface area contributed by atoms with E-state index in [1.54, 1.807) is 0 Å². The summed E-state index contributed by atoms with van der Waals surface area (Å²) in [6, 6.07) is 0. The number of aliphatic hydroxyl groups is 2. The van der Waals surface area contributed by atoms with Gasteiger partial charge in [0.25, 0.3) is 0 Å². The van der Waals surface area contributed by atoms with Crippen LogP contribution in [-0.4, -0.2) is 38.3 Å². The smallest absolute Gasteiger partial charge is 0.394 e. The second-order valence-electron chi connectivity index (χ2n) is 4.41. The predicted octanol–water partition coefficient (Wildman–Crippen LogP) is -0.967. The quantitative estimate of drug-likeness (QED) is 0.417. The summed E-state index contributed by atoms with van der Waals surface area (Å²) in [6.45, 7) is 1.07. The molecule has 3 atom stereocenters. The molecular weight excluding hydrogens is 270 g/mol. The molecule has 108 valence electrons. The van der Waals surface area contributed by atoms with E-state index in [4.69, 9.17) is 15.4 Å². The van der Waals surface area contributed by atoms with Gasteiger partial charge in [-0.05, 0) is 12.1 Å². The maximum Gasteiger partial charge on any atom is 0.428 e. The van der Waals surface area contributed by atoms with Crippen molar-refractivity contribution in [2.24, 2.45) is 5.22 Å². The molecule has 20 heavy (non-hydrogen) atoms. The third-order valence-electron chi connectivity index (χ3n) is 3.09. The summed E-state index contributed by atoms with van der Waals surface area (Å²) in [5.74, 6) is 0. The standard InChI is InChI=1S/C10H13N5O5/c1-5-3-14(8-2-6(17)7(4-16)20-8)10(19)15(9(5)18)13-12-11/h3,6-8,16-17H,2,4H2,1H3/t6?,7-,8-/m1/s1. The van der Waals surface area contributed by atoms with Gasteiger partial charge in [0.05, 0.1) is 18.3 Å². The van der Waals surface area contributed by atoms with Gasteiger partial charge in [0.15, 0.2) is 0 Å². The lowest BCUT2D eigenvalue weighted by molar-refractivity contribution is -0.0463. The molecule has 1 unspecified atom stereocenters. The van der Waals surface area contributed by atoms with Crippen LogP contribution in [0.4, 0.5) is 0 Å². The van der Waals surface area contributed by atoms with Crippen LogP contribution in [0.1, 0.15) is 18.2 Å². The Morgan fingerprint density at radius 3 is 2.85 bits per heavy atom. The molecule has 2 N–H and O–H groups in total. The summed E-state index contributed by atoms with van der Waals surface area (Å²) in [4.78, 5) is 26.2. The van der Waals surface area contributed by atoms with Gasteiger partial charge in [-0.1, -0.05) is 4.68 Å². The highest BCUT2D eigenvalue weighted by atomic mass is 16.5. The maximum atomic E-state index is 12.1.